The van der Waals surface area contributed by atoms with E-state index in [0.717, 1.165) is 0 Å². The lowest BCUT2D eigenvalue weighted by Gasteiger charge is -1.89. The highest BCUT2D eigenvalue weighted by molar-refractivity contribution is 5.71. The molecule has 6 heavy (non-hydrogen) atoms. The van der Waals surface area contributed by atoms with E-state index in [1.807, 2.05) is 0 Å². The molecule has 36 valence electrons. The summed E-state index contributed by atoms with van der Waals surface area (Å²) in [4.78, 5) is 9.97. The van der Waals surface area contributed by atoms with Gasteiger partial charge in [-0.25, -0.2) is 4.79 Å². The number of aliphatic hydroxyl groups excluding tert-OH is 1. The SMILES string of the molecule is [2H]OC(C(=O)O)C([2H])([2H])[2H]. The van der Waals surface area contributed by atoms with Gasteiger partial charge in [0.1, 0.15) is 6.10 Å². The minimum Gasteiger partial charge on any atom is -0.479 e. The minimum atomic E-state index is -2.77. The monoisotopic (exact) mass is 94.1 g/mol. The van der Waals surface area contributed by atoms with Gasteiger partial charge >= 0.3 is 5.97 Å². The number of hydrogen-bond acceptors (Lipinski definition) is 2. The van der Waals surface area contributed by atoms with Crippen LogP contribution < -0.4 is 0 Å². The van der Waals surface area contributed by atoms with Crippen molar-refractivity contribution in [3.05, 3.63) is 0 Å². The van der Waals surface area contributed by atoms with E-state index in [1.165, 1.54) is 0 Å². The highest BCUT2D eigenvalue weighted by Crippen LogP contribution is 1.73. The molecule has 0 saturated carbocycles. The normalized spacial score (nSPS) is 25.3. The Balaban J connectivity index is 4.22. The largest absolute Gasteiger partial charge is 0.479 e. The molecule has 0 aromatic heterocycles. The van der Waals surface area contributed by atoms with E-state index in [2.05, 4.69) is 5.11 Å². The standard InChI is InChI=1S/C3H6O3/c1-2(4)3(5)6/h2,4H,1H3,(H,5,6)/i1D3,4D. The van der Waals surface area contributed by atoms with Crippen molar-refractivity contribution in [2.45, 2.75) is 13.0 Å². The van der Waals surface area contributed by atoms with E-state index in [0.29, 0.717) is 0 Å². The number of carboxylic acids is 1. The number of hydrogen-bond donors (Lipinski definition) is 2. The summed E-state index contributed by atoms with van der Waals surface area (Å²) in [5, 5.41) is 11.6. The summed E-state index contributed by atoms with van der Waals surface area (Å²) in [5.41, 5.74) is 0. The van der Waals surface area contributed by atoms with Gasteiger partial charge in [-0.2, -0.15) is 0 Å². The number of carboxylic acid groups (broad SMARTS) is 1. The highest BCUT2D eigenvalue weighted by atomic mass is 16.4. The topological polar surface area (TPSA) is 57.5 Å². The van der Waals surface area contributed by atoms with E-state index in [4.69, 9.17) is 10.7 Å². The summed E-state index contributed by atoms with van der Waals surface area (Å²) in [5.74, 6) is -1.66. The predicted molar refractivity (Wildman–Crippen MR) is 19.3 cm³/mol. The Kier molecular flexibility index (Phi) is 0.442. The Labute approximate surface area is 40.9 Å². The average Bonchev–Trinajstić information content (AvgIpc) is 1.60. The quantitative estimate of drug-likeness (QED) is 0.482. The van der Waals surface area contributed by atoms with Crippen LogP contribution in [0.25, 0.3) is 0 Å². The molecule has 3 nitrogen and oxygen atoms in total. The first-order valence-electron chi connectivity index (χ1n) is 3.15. The zero-order valence-corrected chi connectivity index (χ0v) is 2.84. The second kappa shape index (κ2) is 1.77. The van der Waals surface area contributed by atoms with Crippen molar-refractivity contribution in [2.75, 3.05) is 0 Å². The summed E-state index contributed by atoms with van der Waals surface area (Å²) in [6.45, 7) is -2.77. The van der Waals surface area contributed by atoms with Crippen molar-refractivity contribution in [2.24, 2.45) is 0 Å². The van der Waals surface area contributed by atoms with Crippen molar-refractivity contribution in [1.82, 2.24) is 0 Å². The zero-order valence-electron chi connectivity index (χ0n) is 6.84. The van der Waals surface area contributed by atoms with Crippen molar-refractivity contribution in [1.29, 1.82) is 1.43 Å². The zero-order chi connectivity index (χ0) is 8.36. The third-order valence-electron chi connectivity index (χ3n) is 0.224. The van der Waals surface area contributed by atoms with Gasteiger partial charge in [0.05, 0.1) is 0 Å². The van der Waals surface area contributed by atoms with E-state index in [1.54, 1.807) is 0 Å². The number of aliphatic carboxylic acids is 1. The molecule has 0 spiro atoms. The summed E-state index contributed by atoms with van der Waals surface area (Å²) in [6.07, 6.45) is -2.05. The van der Waals surface area contributed by atoms with E-state index in [-0.39, 0.29) is 0 Å². The molecule has 0 aliphatic rings. The molecule has 1 atom stereocenters. The summed E-state index contributed by atoms with van der Waals surface area (Å²) in [6, 6.07) is 0. The van der Waals surface area contributed by atoms with Gasteiger partial charge in [0, 0.05) is 4.11 Å². The molecule has 0 aliphatic carbocycles. The first-order chi connectivity index (χ1) is 4.39. The van der Waals surface area contributed by atoms with Crippen LogP contribution in [0.3, 0.4) is 0 Å². The van der Waals surface area contributed by atoms with Crippen LogP contribution in [0.15, 0.2) is 0 Å². The molecule has 1 unspecified atom stereocenters. The lowest BCUT2D eigenvalue weighted by molar-refractivity contribution is -0.145. The van der Waals surface area contributed by atoms with Crippen molar-refractivity contribution in [3.8, 4) is 0 Å². The van der Waals surface area contributed by atoms with Crippen molar-refractivity contribution >= 4 is 5.97 Å². The Hall–Kier alpha value is -0.570. The summed E-state index contributed by atoms with van der Waals surface area (Å²) in [7, 11) is 0. The second-order valence-electron chi connectivity index (χ2n) is 0.718. The fraction of sp³-hybridized carbons (Fsp3) is 0.667. The average molecular weight is 94.1 g/mol. The molecule has 0 heterocycles. The molecule has 0 fully saturated rings. The fourth-order valence-corrected chi connectivity index (χ4v) is 0. The maximum absolute atomic E-state index is 9.97. The molecule has 0 aromatic carbocycles. The molecule has 0 aliphatic heterocycles. The van der Waals surface area contributed by atoms with Gasteiger partial charge in [-0.05, 0) is 6.85 Å². The Morgan fingerprint density at radius 2 is 3.00 bits per heavy atom. The fourth-order valence-electron chi connectivity index (χ4n) is 0. The smallest absolute Gasteiger partial charge is 0.332 e. The molecule has 0 bridgehead atoms. The molecular formula is C3H6O3. The van der Waals surface area contributed by atoms with Crippen LogP contribution in [0.2, 0.25) is 0 Å². The first-order valence-corrected chi connectivity index (χ1v) is 1.24. The Morgan fingerprint density at radius 3 is 3.00 bits per heavy atom. The maximum atomic E-state index is 9.97. The van der Waals surface area contributed by atoms with Gasteiger partial charge in [0.25, 0.3) is 0 Å². The third kappa shape index (κ3) is 1.72. The van der Waals surface area contributed by atoms with Crippen LogP contribution in [0.4, 0.5) is 0 Å². The van der Waals surface area contributed by atoms with Gasteiger partial charge in [-0.3, -0.25) is 0 Å². The van der Waals surface area contributed by atoms with E-state index < -0.39 is 18.9 Å². The first kappa shape index (κ1) is 1.50. The highest BCUT2D eigenvalue weighted by Gasteiger charge is 2.01. The van der Waals surface area contributed by atoms with Gasteiger partial charge < -0.3 is 10.2 Å². The lowest BCUT2D eigenvalue weighted by atomic mass is 10.4. The van der Waals surface area contributed by atoms with Gasteiger partial charge in [0.15, 0.2) is 0 Å². The number of aliphatic hydroxyl groups is 1. The van der Waals surface area contributed by atoms with Crippen LogP contribution in [0.1, 0.15) is 11.0 Å². The molecule has 3 heteroatoms. The molecule has 0 amide bonds. The van der Waals surface area contributed by atoms with E-state index in [9.17, 15) is 4.79 Å². The Morgan fingerprint density at radius 1 is 2.33 bits per heavy atom. The molecular weight excluding hydrogens is 84.0 g/mol. The van der Waals surface area contributed by atoms with Crippen molar-refractivity contribution < 1.29 is 19.1 Å². The van der Waals surface area contributed by atoms with Gasteiger partial charge in [-0.15, -0.1) is 0 Å². The number of rotatable bonds is 2. The van der Waals surface area contributed by atoms with Crippen LogP contribution in [-0.4, -0.2) is 23.7 Å². The van der Waals surface area contributed by atoms with Crippen LogP contribution in [0.5, 0.6) is 0 Å². The predicted octanol–water partition coefficient (Wildman–Crippen LogP) is -0.548. The third-order valence-corrected chi connectivity index (χ3v) is 0.224. The summed E-state index contributed by atoms with van der Waals surface area (Å²) < 4.78 is 25.7. The lowest BCUT2D eigenvalue weighted by Crippen LogP contribution is -2.13. The molecule has 2 N–H and O–H groups in total. The van der Waals surface area contributed by atoms with Gasteiger partial charge in [-0.1, -0.05) is 0 Å². The van der Waals surface area contributed by atoms with Crippen LogP contribution >= 0.6 is 0 Å². The maximum Gasteiger partial charge on any atom is 0.332 e. The second-order valence-corrected chi connectivity index (χ2v) is 0.718. The number of carbonyl (C=O) groups is 1. The molecule has 0 rings (SSSR count). The minimum absolute atomic E-state index is 1.66. The van der Waals surface area contributed by atoms with Crippen molar-refractivity contribution in [3.63, 3.8) is 0 Å². The van der Waals surface area contributed by atoms with Gasteiger partial charge in [0.2, 0.25) is 1.43 Å². The van der Waals surface area contributed by atoms with E-state index >= 15 is 0 Å². The van der Waals surface area contributed by atoms with Crippen LogP contribution in [0, 0.1) is 0 Å². The summed E-state index contributed by atoms with van der Waals surface area (Å²) >= 11 is 0. The molecule has 0 radical (unpaired) electrons. The molecule has 0 saturated heterocycles. The molecule has 0 aromatic rings. The van der Waals surface area contributed by atoms with Crippen LogP contribution in [-0.2, 0) is 4.79 Å². The Bertz CT molecular complexity index is 130.